The molecule has 0 atom stereocenters. The second-order valence-corrected chi connectivity index (χ2v) is 5.18. The molecule has 0 fully saturated rings. The first-order valence-electron chi connectivity index (χ1n) is 5.29. The fourth-order valence-corrected chi connectivity index (χ4v) is 1.85. The molecule has 0 spiro atoms. The Morgan fingerprint density at radius 1 is 1.42 bits per heavy atom. The Balaban J connectivity index is 3.34. The molecule has 2 N–H and O–H groups in total. The van der Waals surface area contributed by atoms with Crippen molar-refractivity contribution in [2.45, 2.75) is 0 Å². The van der Waals surface area contributed by atoms with Crippen LogP contribution in [-0.4, -0.2) is 33.3 Å². The number of rotatable bonds is 3. The predicted octanol–water partition coefficient (Wildman–Crippen LogP) is -0.242. The molecule has 9 heteroatoms. The van der Waals surface area contributed by atoms with Crippen LogP contribution < -0.4 is 0 Å². The number of carbonyl (C=O) groups excluding carboxylic acids is 1. The molecular weight excluding hydrogens is 271 g/mol. The number of carbonyl (C=O) groups is 1. The molecule has 0 saturated carbocycles. The number of nitrogens with zero attached hydrogens (tertiary/aromatic N) is 4. The molecule has 1 rings (SSSR count). The van der Waals surface area contributed by atoms with Gasteiger partial charge < -0.3 is 14.7 Å². The van der Waals surface area contributed by atoms with Crippen LogP contribution in [0.5, 0.6) is 0 Å². The van der Waals surface area contributed by atoms with Gasteiger partial charge in [-0.25, -0.2) is 0 Å². The van der Waals surface area contributed by atoms with E-state index < -0.39 is 43.4 Å². The zero-order chi connectivity index (χ0) is 15.5. The average molecular weight is 279 g/mol. The van der Waals surface area contributed by atoms with Gasteiger partial charge in [-0.05, 0) is 0 Å². The Morgan fingerprint density at radius 3 is 2.42 bits per heavy atom. The number of allylic oxidation sites excluding steroid dienone is 2. The van der Waals surface area contributed by atoms with Gasteiger partial charge >= 0.3 is 7.60 Å². The summed E-state index contributed by atoms with van der Waals surface area (Å²) < 4.78 is 18.3. The number of amides is 1. The lowest BCUT2D eigenvalue weighted by Gasteiger charge is -2.18. The minimum Gasteiger partial charge on any atom is -0.324 e. The van der Waals surface area contributed by atoms with Crippen molar-refractivity contribution in [1.82, 2.24) is 4.90 Å². The molecule has 0 aromatic heterocycles. The van der Waals surface area contributed by atoms with E-state index >= 15 is 0 Å². The fraction of sp³-hybridized carbons (Fsp3) is 0.200. The van der Waals surface area contributed by atoms with Gasteiger partial charge in [-0.15, -0.1) is 0 Å². The van der Waals surface area contributed by atoms with E-state index in [-0.39, 0.29) is 5.70 Å². The molecular formula is C10H7N4O4P. The Morgan fingerprint density at radius 2 is 2.00 bits per heavy atom. The molecule has 96 valence electrons. The average Bonchev–Trinajstić information content (AvgIpc) is 2.61. The summed E-state index contributed by atoms with van der Waals surface area (Å²) in [7, 11) is -4.41. The maximum absolute atomic E-state index is 11.8. The zero-order valence-corrected chi connectivity index (χ0v) is 10.3. The summed E-state index contributed by atoms with van der Waals surface area (Å²) in [4.78, 5) is 30.0. The quantitative estimate of drug-likeness (QED) is 0.534. The van der Waals surface area contributed by atoms with Crippen molar-refractivity contribution >= 4 is 13.5 Å². The predicted molar refractivity (Wildman–Crippen MR) is 60.6 cm³/mol. The van der Waals surface area contributed by atoms with E-state index in [4.69, 9.17) is 26.9 Å². The van der Waals surface area contributed by atoms with E-state index in [0.717, 1.165) is 0 Å². The van der Waals surface area contributed by atoms with Crippen LogP contribution in [0, 0.1) is 34.0 Å². The second kappa shape index (κ2) is 5.48. The standard InChI is InChI=1S/C10H7N4O4P/c11-4-7-3-9(15)14(1-2-19(16,17)18)10(7)8(5-12)6-13/h3H,1-2H2,(H2,16,17,18)/i3D. The maximum atomic E-state index is 11.8. The third-order valence-corrected chi connectivity index (χ3v) is 2.95. The van der Waals surface area contributed by atoms with E-state index in [1.54, 1.807) is 6.07 Å². The van der Waals surface area contributed by atoms with Crippen molar-refractivity contribution in [3.05, 3.63) is 22.9 Å². The number of hydrogen-bond acceptors (Lipinski definition) is 5. The first-order valence-corrected chi connectivity index (χ1v) is 6.58. The highest BCUT2D eigenvalue weighted by Gasteiger charge is 2.32. The summed E-state index contributed by atoms with van der Waals surface area (Å²) in [6.07, 6.45) is -0.710. The van der Waals surface area contributed by atoms with E-state index in [0.29, 0.717) is 4.90 Å². The van der Waals surface area contributed by atoms with Crippen molar-refractivity contribution in [3.8, 4) is 18.2 Å². The number of hydrogen-bond donors (Lipinski definition) is 2. The normalized spacial score (nSPS) is 15.7. The van der Waals surface area contributed by atoms with Gasteiger partial charge in [-0.2, -0.15) is 15.8 Å². The highest BCUT2D eigenvalue weighted by Crippen LogP contribution is 2.35. The molecule has 0 radical (unpaired) electrons. The number of nitriles is 3. The highest BCUT2D eigenvalue weighted by molar-refractivity contribution is 7.51. The summed E-state index contributed by atoms with van der Waals surface area (Å²) in [5, 5.41) is 26.5. The van der Waals surface area contributed by atoms with Crippen molar-refractivity contribution in [2.24, 2.45) is 0 Å². The lowest BCUT2D eigenvalue weighted by Crippen LogP contribution is -2.28. The van der Waals surface area contributed by atoms with E-state index in [1.165, 1.54) is 12.1 Å². The lowest BCUT2D eigenvalue weighted by atomic mass is 10.1. The van der Waals surface area contributed by atoms with Gasteiger partial charge in [-0.3, -0.25) is 9.36 Å². The SMILES string of the molecule is [2H]C1=C(C#N)C(=C(C#N)C#N)N(CCP(=O)(O)O)C1=O. The summed E-state index contributed by atoms with van der Waals surface area (Å²) in [5.74, 6) is -0.979. The molecule has 0 saturated heterocycles. The van der Waals surface area contributed by atoms with Crippen LogP contribution in [0.2, 0.25) is 0 Å². The van der Waals surface area contributed by atoms with E-state index in [2.05, 4.69) is 0 Å². The van der Waals surface area contributed by atoms with Gasteiger partial charge in [0.25, 0.3) is 5.91 Å². The summed E-state index contributed by atoms with van der Waals surface area (Å²) in [6.45, 7) is -0.501. The molecule has 1 aliphatic rings. The zero-order valence-electron chi connectivity index (χ0n) is 10.4. The van der Waals surface area contributed by atoms with Gasteiger partial charge in [0.2, 0.25) is 0 Å². The highest BCUT2D eigenvalue weighted by atomic mass is 31.2. The molecule has 1 heterocycles. The molecule has 0 aromatic rings. The second-order valence-electron chi connectivity index (χ2n) is 3.40. The van der Waals surface area contributed by atoms with Gasteiger partial charge in [0.05, 0.1) is 18.8 Å². The molecule has 0 bridgehead atoms. The summed E-state index contributed by atoms with van der Waals surface area (Å²) in [6, 6.07) is 3.81. The van der Waals surface area contributed by atoms with Crippen molar-refractivity contribution in [1.29, 1.82) is 15.8 Å². The third-order valence-electron chi connectivity index (χ3n) is 2.17. The van der Waals surface area contributed by atoms with Crippen LogP contribution >= 0.6 is 7.60 Å². The molecule has 1 amide bonds. The van der Waals surface area contributed by atoms with Gasteiger partial charge in [-0.1, -0.05) is 0 Å². The smallest absolute Gasteiger partial charge is 0.324 e. The van der Waals surface area contributed by atoms with Crippen molar-refractivity contribution in [3.63, 3.8) is 0 Å². The van der Waals surface area contributed by atoms with Crippen LogP contribution in [-0.2, 0) is 9.36 Å². The van der Waals surface area contributed by atoms with Gasteiger partial charge in [0.15, 0.2) is 5.57 Å². The van der Waals surface area contributed by atoms with Crippen LogP contribution in [0.4, 0.5) is 0 Å². The minimum absolute atomic E-state index is 0.374. The van der Waals surface area contributed by atoms with Crippen LogP contribution in [0.15, 0.2) is 22.9 Å². The molecule has 0 unspecified atom stereocenters. The van der Waals surface area contributed by atoms with E-state index in [9.17, 15) is 9.36 Å². The summed E-state index contributed by atoms with van der Waals surface area (Å²) >= 11 is 0. The Bertz CT molecular complexity index is 684. The Hall–Kier alpha value is -2.43. The first-order chi connectivity index (χ1) is 9.26. The fourth-order valence-electron chi connectivity index (χ4n) is 1.39. The first kappa shape index (κ1) is 13.0. The van der Waals surface area contributed by atoms with Crippen molar-refractivity contribution in [2.75, 3.05) is 12.7 Å². The largest absolute Gasteiger partial charge is 0.327 e. The molecule has 19 heavy (non-hydrogen) atoms. The van der Waals surface area contributed by atoms with Crippen molar-refractivity contribution < 1.29 is 20.5 Å². The molecule has 8 nitrogen and oxygen atoms in total. The summed E-state index contributed by atoms with van der Waals surface area (Å²) in [5.41, 5.74) is -1.40. The van der Waals surface area contributed by atoms with Gasteiger partial charge in [0, 0.05) is 12.6 Å². The van der Waals surface area contributed by atoms with E-state index in [1.807, 2.05) is 0 Å². The lowest BCUT2D eigenvalue weighted by molar-refractivity contribution is -0.123. The van der Waals surface area contributed by atoms with Crippen LogP contribution in [0.1, 0.15) is 1.37 Å². The Labute approximate surface area is 109 Å². The topological polar surface area (TPSA) is 149 Å². The molecule has 0 aromatic carbocycles. The maximum Gasteiger partial charge on any atom is 0.327 e. The van der Waals surface area contributed by atoms with Gasteiger partial charge in [0.1, 0.15) is 18.2 Å². The molecule has 1 aliphatic heterocycles. The monoisotopic (exact) mass is 279 g/mol. The molecule has 0 aliphatic carbocycles. The third kappa shape index (κ3) is 3.28. The van der Waals surface area contributed by atoms with Crippen LogP contribution in [0.3, 0.4) is 0 Å². The minimum atomic E-state index is -4.41. The Kier molecular flexibility index (Phi) is 3.75. The van der Waals surface area contributed by atoms with Crippen LogP contribution in [0.25, 0.3) is 0 Å².